The van der Waals surface area contributed by atoms with Crippen molar-refractivity contribution in [2.75, 3.05) is 5.32 Å². The summed E-state index contributed by atoms with van der Waals surface area (Å²) < 4.78 is 1.93. The molecule has 0 bridgehead atoms. The average molecular weight is 286 g/mol. The first-order valence-corrected chi connectivity index (χ1v) is 6.49. The molecule has 1 amide bonds. The second kappa shape index (κ2) is 4.98. The van der Waals surface area contributed by atoms with Crippen LogP contribution in [0.5, 0.6) is 0 Å². The second-order valence-corrected chi connectivity index (χ2v) is 4.96. The van der Waals surface area contributed by atoms with E-state index in [0.29, 0.717) is 16.3 Å². The van der Waals surface area contributed by atoms with Crippen LogP contribution in [0, 0.1) is 0 Å². The van der Waals surface area contributed by atoms with Crippen molar-refractivity contribution >= 4 is 34.2 Å². The van der Waals surface area contributed by atoms with E-state index in [1.807, 2.05) is 29.8 Å². The summed E-state index contributed by atoms with van der Waals surface area (Å²) in [5, 5.41) is 3.38. The molecule has 3 rings (SSSR count). The van der Waals surface area contributed by atoms with Crippen LogP contribution < -0.4 is 5.32 Å². The van der Waals surface area contributed by atoms with Gasteiger partial charge in [0.05, 0.1) is 17.4 Å². The summed E-state index contributed by atoms with van der Waals surface area (Å²) in [6.45, 7) is 0. The predicted molar refractivity (Wildman–Crippen MR) is 80.1 cm³/mol. The molecule has 0 saturated carbocycles. The number of rotatable bonds is 2. The van der Waals surface area contributed by atoms with Gasteiger partial charge in [-0.3, -0.25) is 4.79 Å². The molecule has 1 N–H and O–H groups in total. The number of hydrogen-bond donors (Lipinski definition) is 1. The Morgan fingerprint density at radius 1 is 1.25 bits per heavy atom. The van der Waals surface area contributed by atoms with Crippen LogP contribution in [-0.4, -0.2) is 15.5 Å². The lowest BCUT2D eigenvalue weighted by Crippen LogP contribution is -2.11. The van der Waals surface area contributed by atoms with Gasteiger partial charge in [-0.1, -0.05) is 17.7 Å². The number of imidazole rings is 1. The first-order chi connectivity index (χ1) is 9.63. The Morgan fingerprint density at radius 2 is 2.10 bits per heavy atom. The average Bonchev–Trinajstić information content (AvgIpc) is 2.80. The molecule has 1 aromatic heterocycles. The van der Waals surface area contributed by atoms with E-state index < -0.39 is 0 Å². The van der Waals surface area contributed by atoms with Gasteiger partial charge in [0.25, 0.3) is 5.91 Å². The Bertz CT molecular complexity index is 795. The first kappa shape index (κ1) is 12.7. The number of carbonyl (C=O) groups is 1. The molecule has 0 aliphatic rings. The van der Waals surface area contributed by atoms with Gasteiger partial charge in [-0.05, 0) is 36.4 Å². The summed E-state index contributed by atoms with van der Waals surface area (Å²) in [7, 11) is 1.93. The molecule has 3 aromatic rings. The zero-order chi connectivity index (χ0) is 14.1. The fourth-order valence-corrected chi connectivity index (χ4v) is 2.24. The summed E-state index contributed by atoms with van der Waals surface area (Å²) in [6.07, 6.45) is 1.74. The van der Waals surface area contributed by atoms with Crippen molar-refractivity contribution in [1.29, 1.82) is 0 Å². The van der Waals surface area contributed by atoms with Crippen LogP contribution >= 0.6 is 11.6 Å². The van der Waals surface area contributed by atoms with Gasteiger partial charge >= 0.3 is 0 Å². The lowest BCUT2D eigenvalue weighted by atomic mass is 10.2. The molecule has 5 heteroatoms. The van der Waals surface area contributed by atoms with Crippen molar-refractivity contribution in [2.24, 2.45) is 7.05 Å². The number of hydrogen-bond acceptors (Lipinski definition) is 2. The van der Waals surface area contributed by atoms with E-state index in [-0.39, 0.29) is 5.91 Å². The van der Waals surface area contributed by atoms with E-state index in [1.54, 1.807) is 30.6 Å². The van der Waals surface area contributed by atoms with Crippen molar-refractivity contribution in [3.05, 3.63) is 59.4 Å². The predicted octanol–water partition coefficient (Wildman–Crippen LogP) is 3.48. The number of amides is 1. The minimum absolute atomic E-state index is 0.192. The zero-order valence-electron chi connectivity index (χ0n) is 10.8. The monoisotopic (exact) mass is 285 g/mol. The number of nitrogens with zero attached hydrogens (tertiary/aromatic N) is 2. The van der Waals surface area contributed by atoms with Crippen molar-refractivity contribution in [3.63, 3.8) is 0 Å². The maximum Gasteiger partial charge on any atom is 0.255 e. The SMILES string of the molecule is Cn1cnc2cc(NC(=O)c3cccc(Cl)c3)ccc21. The third kappa shape index (κ3) is 2.38. The summed E-state index contributed by atoms with van der Waals surface area (Å²) in [4.78, 5) is 16.4. The molecular weight excluding hydrogens is 274 g/mol. The largest absolute Gasteiger partial charge is 0.334 e. The highest BCUT2D eigenvalue weighted by Gasteiger charge is 2.08. The summed E-state index contributed by atoms with van der Waals surface area (Å²) in [5.41, 5.74) is 3.10. The standard InChI is InChI=1S/C15H12ClN3O/c1-19-9-17-13-8-12(5-6-14(13)19)18-15(20)10-3-2-4-11(16)7-10/h2-9H,1H3,(H,18,20). The number of halogens is 1. The van der Waals surface area contributed by atoms with E-state index in [1.165, 1.54) is 0 Å². The molecule has 0 spiro atoms. The molecule has 2 aromatic carbocycles. The van der Waals surface area contributed by atoms with Crippen LogP contribution in [0.4, 0.5) is 5.69 Å². The highest BCUT2D eigenvalue weighted by atomic mass is 35.5. The van der Waals surface area contributed by atoms with E-state index in [4.69, 9.17) is 11.6 Å². The number of anilines is 1. The van der Waals surface area contributed by atoms with Gasteiger partial charge < -0.3 is 9.88 Å². The molecule has 0 saturated heterocycles. The summed E-state index contributed by atoms with van der Waals surface area (Å²) >= 11 is 5.88. The van der Waals surface area contributed by atoms with E-state index in [2.05, 4.69) is 10.3 Å². The van der Waals surface area contributed by atoms with E-state index >= 15 is 0 Å². The van der Waals surface area contributed by atoms with Gasteiger partial charge in [0.1, 0.15) is 0 Å². The number of benzene rings is 2. The van der Waals surface area contributed by atoms with Crippen LogP contribution in [0.2, 0.25) is 5.02 Å². The van der Waals surface area contributed by atoms with Crippen LogP contribution in [0.1, 0.15) is 10.4 Å². The summed E-state index contributed by atoms with van der Waals surface area (Å²) in [5.74, 6) is -0.192. The number of nitrogens with one attached hydrogen (secondary N) is 1. The summed E-state index contributed by atoms with van der Waals surface area (Å²) in [6, 6.07) is 12.5. The molecule has 0 fully saturated rings. The van der Waals surface area contributed by atoms with Crippen molar-refractivity contribution < 1.29 is 4.79 Å². The topological polar surface area (TPSA) is 46.9 Å². The molecular formula is C15H12ClN3O. The van der Waals surface area contributed by atoms with Crippen molar-refractivity contribution in [1.82, 2.24) is 9.55 Å². The number of fused-ring (bicyclic) bond motifs is 1. The Labute approximate surface area is 121 Å². The molecule has 20 heavy (non-hydrogen) atoms. The van der Waals surface area contributed by atoms with Crippen LogP contribution in [0.25, 0.3) is 11.0 Å². The van der Waals surface area contributed by atoms with Gasteiger partial charge in [0, 0.05) is 23.3 Å². The lowest BCUT2D eigenvalue weighted by Gasteiger charge is -2.06. The van der Waals surface area contributed by atoms with Gasteiger partial charge in [-0.25, -0.2) is 4.98 Å². The molecule has 0 radical (unpaired) electrons. The third-order valence-corrected chi connectivity index (χ3v) is 3.31. The van der Waals surface area contributed by atoms with Crippen molar-refractivity contribution in [3.8, 4) is 0 Å². The quantitative estimate of drug-likeness (QED) is 0.783. The fourth-order valence-electron chi connectivity index (χ4n) is 2.05. The van der Waals surface area contributed by atoms with Crippen LogP contribution in [0.15, 0.2) is 48.8 Å². The zero-order valence-corrected chi connectivity index (χ0v) is 11.6. The molecule has 0 aliphatic heterocycles. The van der Waals surface area contributed by atoms with E-state index in [9.17, 15) is 4.79 Å². The maximum absolute atomic E-state index is 12.1. The van der Waals surface area contributed by atoms with Gasteiger partial charge in [0.15, 0.2) is 0 Å². The molecule has 0 unspecified atom stereocenters. The Kier molecular flexibility index (Phi) is 3.16. The minimum atomic E-state index is -0.192. The van der Waals surface area contributed by atoms with Gasteiger partial charge in [-0.2, -0.15) is 0 Å². The molecule has 0 aliphatic carbocycles. The maximum atomic E-state index is 12.1. The third-order valence-electron chi connectivity index (χ3n) is 3.07. The van der Waals surface area contributed by atoms with Crippen molar-refractivity contribution in [2.45, 2.75) is 0 Å². The number of aromatic nitrogens is 2. The Balaban J connectivity index is 1.87. The van der Waals surface area contributed by atoms with E-state index in [0.717, 1.165) is 11.0 Å². The second-order valence-electron chi connectivity index (χ2n) is 4.52. The fraction of sp³-hybridized carbons (Fsp3) is 0.0667. The molecule has 1 heterocycles. The van der Waals surface area contributed by atoms with Crippen LogP contribution in [-0.2, 0) is 7.05 Å². The first-order valence-electron chi connectivity index (χ1n) is 6.11. The molecule has 100 valence electrons. The number of aryl methyl sites for hydroxylation is 1. The Morgan fingerprint density at radius 3 is 2.90 bits per heavy atom. The molecule has 4 nitrogen and oxygen atoms in total. The minimum Gasteiger partial charge on any atom is -0.334 e. The molecule has 0 atom stereocenters. The van der Waals surface area contributed by atoms with Gasteiger partial charge in [-0.15, -0.1) is 0 Å². The lowest BCUT2D eigenvalue weighted by molar-refractivity contribution is 0.102. The normalized spacial score (nSPS) is 10.7. The Hall–Kier alpha value is -2.33. The smallest absolute Gasteiger partial charge is 0.255 e. The number of carbonyl (C=O) groups excluding carboxylic acids is 1. The highest BCUT2D eigenvalue weighted by molar-refractivity contribution is 6.31. The van der Waals surface area contributed by atoms with Crippen LogP contribution in [0.3, 0.4) is 0 Å². The van der Waals surface area contributed by atoms with Gasteiger partial charge in [0.2, 0.25) is 0 Å². The highest BCUT2D eigenvalue weighted by Crippen LogP contribution is 2.18.